The van der Waals surface area contributed by atoms with E-state index in [1.54, 1.807) is 24.4 Å². The molecule has 0 amide bonds. The van der Waals surface area contributed by atoms with E-state index in [4.69, 9.17) is 11.6 Å². The van der Waals surface area contributed by atoms with Crippen LogP contribution >= 0.6 is 27.5 Å². The van der Waals surface area contributed by atoms with Crippen LogP contribution in [-0.2, 0) is 6.54 Å². The van der Waals surface area contributed by atoms with Gasteiger partial charge < -0.3 is 10.5 Å². The maximum atomic E-state index is 9.37. The van der Waals surface area contributed by atoms with Gasteiger partial charge in [-0.05, 0) is 51.3 Å². The average molecular weight is 340 g/mol. The molecule has 0 atom stereocenters. The molecule has 0 aliphatic carbocycles. The zero-order valence-electron chi connectivity index (χ0n) is 9.98. The molecule has 0 fully saturated rings. The van der Waals surface area contributed by atoms with Crippen molar-refractivity contribution in [2.24, 2.45) is 5.10 Å². The Labute approximate surface area is 125 Å². The molecule has 98 valence electrons. The lowest BCUT2D eigenvalue weighted by Crippen LogP contribution is -2.05. The second-order valence-electron chi connectivity index (χ2n) is 3.90. The summed E-state index contributed by atoms with van der Waals surface area (Å²) in [5.74, 6) is 0.209. The van der Waals surface area contributed by atoms with Crippen molar-refractivity contribution in [1.29, 1.82) is 0 Å². The number of phenols is 1. The Hall–Kier alpha value is -1.52. The predicted molar refractivity (Wildman–Crippen MR) is 81.7 cm³/mol. The zero-order chi connectivity index (χ0) is 13.7. The summed E-state index contributed by atoms with van der Waals surface area (Å²) >= 11 is 9.28. The number of hydrogen-bond acceptors (Lipinski definition) is 3. The third kappa shape index (κ3) is 3.98. The highest BCUT2D eigenvalue weighted by Gasteiger charge is 1.98. The third-order valence-electron chi connectivity index (χ3n) is 2.50. The first-order valence-corrected chi connectivity index (χ1v) is 6.82. The van der Waals surface area contributed by atoms with Crippen molar-refractivity contribution in [2.75, 3.05) is 0 Å². The molecular weight excluding hydrogens is 328 g/mol. The third-order valence-corrected chi connectivity index (χ3v) is 3.51. The highest BCUT2D eigenvalue weighted by Crippen LogP contribution is 2.23. The fourth-order valence-electron chi connectivity index (χ4n) is 1.50. The first-order valence-electron chi connectivity index (χ1n) is 5.64. The molecule has 0 aliphatic heterocycles. The van der Waals surface area contributed by atoms with E-state index in [1.807, 2.05) is 24.3 Å². The van der Waals surface area contributed by atoms with E-state index < -0.39 is 0 Å². The Morgan fingerprint density at radius 1 is 1.26 bits per heavy atom. The molecule has 0 spiro atoms. The lowest BCUT2D eigenvalue weighted by atomic mass is 10.2. The van der Waals surface area contributed by atoms with Crippen LogP contribution < -0.4 is 5.43 Å². The molecule has 2 rings (SSSR count). The highest BCUT2D eigenvalue weighted by molar-refractivity contribution is 9.10. The highest BCUT2D eigenvalue weighted by atomic mass is 79.9. The number of halogens is 2. The number of phenolic OH excluding ortho intramolecular Hbond substituents is 1. The first-order chi connectivity index (χ1) is 9.16. The average Bonchev–Trinajstić information content (AvgIpc) is 2.40. The van der Waals surface area contributed by atoms with Crippen molar-refractivity contribution in [3.05, 3.63) is 63.1 Å². The Morgan fingerprint density at radius 3 is 2.79 bits per heavy atom. The first kappa shape index (κ1) is 13.9. The van der Waals surface area contributed by atoms with Crippen molar-refractivity contribution < 1.29 is 5.11 Å². The van der Waals surface area contributed by atoms with Gasteiger partial charge in [0, 0.05) is 5.02 Å². The normalized spacial score (nSPS) is 10.8. The molecule has 0 saturated carbocycles. The lowest BCUT2D eigenvalue weighted by molar-refractivity contribution is 0.472. The van der Waals surface area contributed by atoms with Gasteiger partial charge in [0.25, 0.3) is 0 Å². The summed E-state index contributed by atoms with van der Waals surface area (Å²) in [7, 11) is 0. The van der Waals surface area contributed by atoms with Gasteiger partial charge in [-0.3, -0.25) is 0 Å². The van der Waals surface area contributed by atoms with Gasteiger partial charge >= 0.3 is 0 Å². The molecule has 0 aliphatic rings. The van der Waals surface area contributed by atoms with Gasteiger partial charge in [0.2, 0.25) is 0 Å². The number of nitrogens with one attached hydrogen (secondary N) is 1. The molecule has 0 radical (unpaired) electrons. The quantitative estimate of drug-likeness (QED) is 0.655. The molecule has 0 bridgehead atoms. The van der Waals surface area contributed by atoms with Gasteiger partial charge in [-0.2, -0.15) is 5.10 Å². The van der Waals surface area contributed by atoms with Crippen LogP contribution in [-0.4, -0.2) is 11.3 Å². The van der Waals surface area contributed by atoms with Crippen molar-refractivity contribution in [2.45, 2.75) is 6.54 Å². The molecule has 0 unspecified atom stereocenters. The summed E-state index contributed by atoms with van der Waals surface area (Å²) in [5, 5.41) is 14.2. The van der Waals surface area contributed by atoms with Crippen LogP contribution in [0.2, 0.25) is 5.02 Å². The molecule has 2 N–H and O–H groups in total. The van der Waals surface area contributed by atoms with Crippen LogP contribution in [0.1, 0.15) is 11.1 Å². The van der Waals surface area contributed by atoms with Crippen LogP contribution in [0.3, 0.4) is 0 Å². The molecule has 0 aromatic heterocycles. The van der Waals surface area contributed by atoms with Gasteiger partial charge in [-0.15, -0.1) is 0 Å². The topological polar surface area (TPSA) is 44.6 Å². The smallest absolute Gasteiger partial charge is 0.129 e. The van der Waals surface area contributed by atoms with Gasteiger partial charge in [0.05, 0.1) is 17.2 Å². The molecule has 19 heavy (non-hydrogen) atoms. The van der Waals surface area contributed by atoms with Gasteiger partial charge in [-0.25, -0.2) is 0 Å². The second kappa shape index (κ2) is 6.59. The lowest BCUT2D eigenvalue weighted by Gasteiger charge is -2.03. The van der Waals surface area contributed by atoms with E-state index in [0.29, 0.717) is 11.0 Å². The van der Waals surface area contributed by atoms with E-state index >= 15 is 0 Å². The van der Waals surface area contributed by atoms with Gasteiger partial charge in [0.1, 0.15) is 5.75 Å². The van der Waals surface area contributed by atoms with Crippen molar-refractivity contribution in [3.8, 4) is 5.75 Å². The summed E-state index contributed by atoms with van der Waals surface area (Å²) in [4.78, 5) is 0. The number of hydrazone groups is 1. The van der Waals surface area contributed by atoms with Crippen molar-refractivity contribution in [1.82, 2.24) is 5.43 Å². The summed E-state index contributed by atoms with van der Waals surface area (Å²) in [6.07, 6.45) is 1.68. The van der Waals surface area contributed by atoms with Gasteiger partial charge in [-0.1, -0.05) is 29.8 Å². The standard InChI is InChI=1S/C14H12BrClN2O/c15-12-7-10(5-6-14(12)19)8-17-18-9-11-3-1-2-4-13(11)16/h1-8,18-19H,9H2/b17-8-. The van der Waals surface area contributed by atoms with Crippen LogP contribution in [0.15, 0.2) is 52.0 Å². The minimum Gasteiger partial charge on any atom is -0.507 e. The molecule has 5 heteroatoms. The molecule has 0 heterocycles. The van der Waals surface area contributed by atoms with E-state index in [2.05, 4.69) is 26.5 Å². The van der Waals surface area contributed by atoms with Crippen molar-refractivity contribution >= 4 is 33.7 Å². The van der Waals surface area contributed by atoms with Crippen LogP contribution in [0.25, 0.3) is 0 Å². The van der Waals surface area contributed by atoms with E-state index in [1.165, 1.54) is 0 Å². The largest absolute Gasteiger partial charge is 0.507 e. The van der Waals surface area contributed by atoms with Crippen LogP contribution in [0.4, 0.5) is 0 Å². The Kier molecular flexibility index (Phi) is 4.82. The number of hydrogen-bond donors (Lipinski definition) is 2. The molecular formula is C14H12BrClN2O. The van der Waals surface area contributed by atoms with Crippen molar-refractivity contribution in [3.63, 3.8) is 0 Å². The fourth-order valence-corrected chi connectivity index (χ4v) is 2.10. The summed E-state index contributed by atoms with van der Waals surface area (Å²) < 4.78 is 0.641. The maximum Gasteiger partial charge on any atom is 0.129 e. The Morgan fingerprint density at radius 2 is 2.05 bits per heavy atom. The molecule has 2 aromatic carbocycles. The fraction of sp³-hybridized carbons (Fsp3) is 0.0714. The number of rotatable bonds is 4. The molecule has 2 aromatic rings. The summed E-state index contributed by atoms with van der Waals surface area (Å²) in [6.45, 7) is 0.565. The van der Waals surface area contributed by atoms with Crippen LogP contribution in [0.5, 0.6) is 5.75 Å². The minimum atomic E-state index is 0.209. The zero-order valence-corrected chi connectivity index (χ0v) is 12.3. The number of nitrogens with zero attached hydrogens (tertiary/aromatic N) is 1. The van der Waals surface area contributed by atoms with E-state index in [0.717, 1.165) is 16.1 Å². The maximum absolute atomic E-state index is 9.37. The monoisotopic (exact) mass is 338 g/mol. The SMILES string of the molecule is Oc1ccc(/C=N\NCc2ccccc2Cl)cc1Br. The summed E-state index contributed by atoms with van der Waals surface area (Å²) in [6, 6.07) is 12.8. The van der Waals surface area contributed by atoms with Crippen LogP contribution in [0, 0.1) is 0 Å². The van der Waals surface area contributed by atoms with Gasteiger partial charge in [0.15, 0.2) is 0 Å². The number of benzene rings is 2. The minimum absolute atomic E-state index is 0.209. The Balaban J connectivity index is 1.93. The predicted octanol–water partition coefficient (Wildman–Crippen LogP) is 3.93. The molecule has 0 saturated heterocycles. The van der Waals surface area contributed by atoms with E-state index in [9.17, 15) is 5.11 Å². The second-order valence-corrected chi connectivity index (χ2v) is 5.16. The Bertz CT molecular complexity index is 602. The summed E-state index contributed by atoms with van der Waals surface area (Å²) in [5.41, 5.74) is 4.81. The molecule has 3 nitrogen and oxygen atoms in total. The van der Waals surface area contributed by atoms with E-state index in [-0.39, 0.29) is 5.75 Å². The number of aromatic hydroxyl groups is 1.